The second-order valence-corrected chi connectivity index (χ2v) is 7.46. The number of hydrogen-bond donors (Lipinski definition) is 0. The van der Waals surface area contributed by atoms with E-state index in [4.69, 9.17) is 14.2 Å². The molecule has 164 valence electrons. The lowest BCUT2D eigenvalue weighted by molar-refractivity contribution is -0.142. The number of aryl methyl sites for hydroxylation is 1. The van der Waals surface area contributed by atoms with Crippen molar-refractivity contribution in [1.82, 2.24) is 0 Å². The van der Waals surface area contributed by atoms with Crippen LogP contribution in [-0.2, 0) is 27.2 Å². The molecule has 0 fully saturated rings. The van der Waals surface area contributed by atoms with Crippen molar-refractivity contribution in [2.45, 2.75) is 73.2 Å². The highest BCUT2D eigenvalue weighted by Gasteiger charge is 2.17. The van der Waals surface area contributed by atoms with Crippen LogP contribution in [0.5, 0.6) is 0 Å². The van der Waals surface area contributed by atoms with Crippen molar-refractivity contribution in [2.75, 3.05) is 13.7 Å². The highest BCUT2D eigenvalue weighted by Crippen LogP contribution is 2.26. The lowest BCUT2D eigenvalue weighted by Crippen LogP contribution is -2.18. The predicted molar refractivity (Wildman–Crippen MR) is 114 cm³/mol. The summed E-state index contributed by atoms with van der Waals surface area (Å²) in [5, 5.41) is 0. The number of benzene rings is 1. The molecule has 0 amide bonds. The Labute approximate surface area is 174 Å². The van der Waals surface area contributed by atoms with Gasteiger partial charge in [-0.15, -0.1) is 0 Å². The molecular weight excluding hydrogens is 374 g/mol. The second-order valence-electron chi connectivity index (χ2n) is 7.46. The number of methoxy groups -OCH3 is 1. The smallest absolute Gasteiger partial charge is 0.195 e. The Morgan fingerprint density at radius 2 is 1.55 bits per heavy atom. The van der Waals surface area contributed by atoms with Crippen LogP contribution in [0.1, 0.15) is 65.0 Å². The summed E-state index contributed by atoms with van der Waals surface area (Å²) >= 11 is 0. The summed E-state index contributed by atoms with van der Waals surface area (Å²) in [5.74, 6) is -2.24. The molecule has 0 saturated heterocycles. The molecule has 0 saturated carbocycles. The van der Waals surface area contributed by atoms with Gasteiger partial charge in [0.15, 0.2) is 17.9 Å². The second kappa shape index (κ2) is 13.5. The molecule has 0 N–H and O–H groups in total. The van der Waals surface area contributed by atoms with E-state index in [2.05, 4.69) is 31.2 Å². The van der Waals surface area contributed by atoms with Gasteiger partial charge in [-0.2, -0.15) is 0 Å². The molecule has 2 unspecified atom stereocenters. The molecule has 1 rings (SSSR count). The first-order valence-electron chi connectivity index (χ1n) is 10.4. The SMILES string of the molecule is CCCCCc1ccc(COC(C)OCC(C)/C(C)=C(F)/C(F)=C(\C)OC)cc1. The monoisotopic (exact) mass is 410 g/mol. The topological polar surface area (TPSA) is 27.7 Å². The highest BCUT2D eigenvalue weighted by atomic mass is 19.2. The minimum atomic E-state index is -0.973. The molecule has 2 atom stereocenters. The fraction of sp³-hybridized carbons (Fsp3) is 0.583. The molecule has 1 aromatic carbocycles. The molecule has 0 heterocycles. The summed E-state index contributed by atoms with van der Waals surface area (Å²) in [6.45, 7) is 9.41. The first kappa shape index (κ1) is 25.3. The first-order valence-corrected chi connectivity index (χ1v) is 10.4. The van der Waals surface area contributed by atoms with E-state index in [1.807, 2.05) is 0 Å². The Morgan fingerprint density at radius 3 is 2.14 bits per heavy atom. The van der Waals surface area contributed by atoms with Crippen LogP contribution in [0.3, 0.4) is 0 Å². The number of allylic oxidation sites excluding steroid dienone is 3. The van der Waals surface area contributed by atoms with E-state index in [9.17, 15) is 8.78 Å². The van der Waals surface area contributed by atoms with Gasteiger partial charge >= 0.3 is 0 Å². The largest absolute Gasteiger partial charge is 0.498 e. The van der Waals surface area contributed by atoms with Crippen LogP contribution in [0, 0.1) is 5.92 Å². The van der Waals surface area contributed by atoms with Crippen molar-refractivity contribution in [3.8, 4) is 0 Å². The maximum absolute atomic E-state index is 14.2. The number of rotatable bonds is 13. The summed E-state index contributed by atoms with van der Waals surface area (Å²) < 4.78 is 44.2. The van der Waals surface area contributed by atoms with E-state index in [0.29, 0.717) is 6.61 Å². The molecular formula is C24H36F2O3. The summed E-state index contributed by atoms with van der Waals surface area (Å²) in [5.41, 5.74) is 2.71. The van der Waals surface area contributed by atoms with Crippen LogP contribution in [0.15, 0.2) is 47.3 Å². The number of hydrogen-bond acceptors (Lipinski definition) is 3. The van der Waals surface area contributed by atoms with Gasteiger partial charge in [0.05, 0.1) is 20.3 Å². The Morgan fingerprint density at radius 1 is 0.931 bits per heavy atom. The molecule has 0 bridgehead atoms. The van der Waals surface area contributed by atoms with Gasteiger partial charge in [-0.25, -0.2) is 8.78 Å². The molecule has 0 aliphatic heterocycles. The molecule has 3 nitrogen and oxygen atoms in total. The van der Waals surface area contributed by atoms with Gasteiger partial charge in [-0.05, 0) is 50.3 Å². The Kier molecular flexibility index (Phi) is 11.8. The summed E-state index contributed by atoms with van der Waals surface area (Å²) in [6.07, 6.45) is 4.36. The maximum Gasteiger partial charge on any atom is 0.195 e. The van der Waals surface area contributed by atoms with Crippen molar-refractivity contribution in [3.63, 3.8) is 0 Å². The lowest BCUT2D eigenvalue weighted by atomic mass is 10.0. The van der Waals surface area contributed by atoms with Crippen LogP contribution in [0.4, 0.5) is 8.78 Å². The summed E-state index contributed by atoms with van der Waals surface area (Å²) in [6, 6.07) is 8.43. The molecule has 29 heavy (non-hydrogen) atoms. The minimum absolute atomic E-state index is 0.0805. The van der Waals surface area contributed by atoms with Gasteiger partial charge in [0, 0.05) is 5.92 Å². The van der Waals surface area contributed by atoms with Crippen molar-refractivity contribution >= 4 is 0 Å². The summed E-state index contributed by atoms with van der Waals surface area (Å²) in [7, 11) is 1.31. The number of unbranched alkanes of at least 4 members (excludes halogenated alkanes) is 2. The molecule has 5 heteroatoms. The minimum Gasteiger partial charge on any atom is -0.498 e. The molecule has 0 aromatic heterocycles. The molecule has 0 spiro atoms. The zero-order valence-corrected chi connectivity index (χ0v) is 18.7. The van der Waals surface area contributed by atoms with E-state index < -0.39 is 17.9 Å². The lowest BCUT2D eigenvalue weighted by Gasteiger charge is -2.19. The average molecular weight is 411 g/mol. The molecule has 0 aliphatic rings. The maximum atomic E-state index is 14.2. The highest BCUT2D eigenvalue weighted by molar-refractivity contribution is 5.27. The van der Waals surface area contributed by atoms with Gasteiger partial charge in [0.25, 0.3) is 0 Å². The van der Waals surface area contributed by atoms with Crippen LogP contribution >= 0.6 is 0 Å². The standard InChI is InChI=1S/C24H36F2O3/c1-7-8-9-10-21-11-13-22(14-12-21)16-29-20(5)28-15-17(2)18(3)23(25)24(26)19(4)27-6/h11-14,17,20H,7-10,15-16H2,1-6H3/b23-18-,24-19-. The fourth-order valence-electron chi connectivity index (χ4n) is 2.68. The number of halogens is 2. The predicted octanol–water partition coefficient (Wildman–Crippen LogP) is 7.03. The third kappa shape index (κ3) is 9.09. The Bertz CT molecular complexity index is 665. The zero-order chi connectivity index (χ0) is 21.8. The van der Waals surface area contributed by atoms with E-state index in [1.54, 1.807) is 20.8 Å². The van der Waals surface area contributed by atoms with Gasteiger partial charge < -0.3 is 14.2 Å². The third-order valence-corrected chi connectivity index (χ3v) is 5.05. The molecule has 0 aliphatic carbocycles. The van der Waals surface area contributed by atoms with Crippen molar-refractivity contribution in [2.24, 2.45) is 5.92 Å². The van der Waals surface area contributed by atoms with Crippen molar-refractivity contribution in [1.29, 1.82) is 0 Å². The normalized spacial score (nSPS) is 15.4. The quantitative estimate of drug-likeness (QED) is 0.151. The van der Waals surface area contributed by atoms with Gasteiger partial charge in [0.2, 0.25) is 0 Å². The van der Waals surface area contributed by atoms with Gasteiger partial charge in [-0.1, -0.05) is 51.0 Å². The Balaban J connectivity index is 2.46. The Hall–Kier alpha value is -1.72. The fourth-order valence-corrected chi connectivity index (χ4v) is 2.68. The summed E-state index contributed by atoms with van der Waals surface area (Å²) in [4.78, 5) is 0. The van der Waals surface area contributed by atoms with Crippen LogP contribution in [0.25, 0.3) is 0 Å². The van der Waals surface area contributed by atoms with Crippen LogP contribution in [0.2, 0.25) is 0 Å². The third-order valence-electron chi connectivity index (χ3n) is 5.05. The van der Waals surface area contributed by atoms with Crippen LogP contribution < -0.4 is 0 Å². The van der Waals surface area contributed by atoms with Crippen LogP contribution in [-0.4, -0.2) is 20.0 Å². The number of ether oxygens (including phenoxy) is 3. The average Bonchev–Trinajstić information content (AvgIpc) is 2.74. The zero-order valence-electron chi connectivity index (χ0n) is 18.7. The van der Waals surface area contributed by atoms with Gasteiger partial charge in [-0.3, -0.25) is 0 Å². The van der Waals surface area contributed by atoms with Crippen molar-refractivity contribution in [3.05, 3.63) is 58.4 Å². The van der Waals surface area contributed by atoms with E-state index in [1.165, 1.54) is 38.9 Å². The van der Waals surface area contributed by atoms with Gasteiger partial charge in [0.1, 0.15) is 5.76 Å². The van der Waals surface area contributed by atoms with E-state index in [0.717, 1.165) is 12.0 Å². The van der Waals surface area contributed by atoms with E-state index >= 15 is 0 Å². The van der Waals surface area contributed by atoms with E-state index in [-0.39, 0.29) is 23.9 Å². The first-order chi connectivity index (χ1) is 13.8. The molecule has 1 aromatic rings. The van der Waals surface area contributed by atoms with Crippen molar-refractivity contribution < 1.29 is 23.0 Å². The molecule has 0 radical (unpaired) electrons.